The highest BCUT2D eigenvalue weighted by molar-refractivity contribution is 14.1. The van der Waals surface area contributed by atoms with Gasteiger partial charge in [0.2, 0.25) is 21.7 Å². The van der Waals surface area contributed by atoms with Crippen molar-refractivity contribution >= 4 is 32.6 Å². The van der Waals surface area contributed by atoms with Gasteiger partial charge in [0.1, 0.15) is 0 Å². The van der Waals surface area contributed by atoms with Crippen LogP contribution in [0.3, 0.4) is 0 Å². The zero-order valence-electron chi connectivity index (χ0n) is 12.1. The van der Waals surface area contributed by atoms with Crippen LogP contribution >= 0.6 is 22.6 Å². The summed E-state index contributed by atoms with van der Waals surface area (Å²) in [5.74, 6) is 1.03. The molecule has 118 valence electrons. The number of hydrogen-bond acceptors (Lipinski definition) is 5. The molecule has 0 N–H and O–H groups in total. The molecule has 2 aromatic rings. The predicted molar refractivity (Wildman–Crippen MR) is 90.8 cm³/mol. The van der Waals surface area contributed by atoms with E-state index in [0.29, 0.717) is 24.8 Å². The number of rotatable bonds is 3. The molecule has 2 heterocycles. The number of sulfonamides is 1. The van der Waals surface area contributed by atoms with Gasteiger partial charge in [-0.05, 0) is 47.6 Å². The number of piperidine rings is 1. The largest absolute Gasteiger partial charge is 0.339 e. The SMILES string of the molecule is CS(=O)(=O)N1CCC[C@H](c2nc(-c3ccccc3I)no2)C1. The topological polar surface area (TPSA) is 76.3 Å². The molecule has 0 radical (unpaired) electrons. The molecule has 0 aliphatic carbocycles. The molecule has 0 bridgehead atoms. The van der Waals surface area contributed by atoms with E-state index in [1.807, 2.05) is 24.3 Å². The lowest BCUT2D eigenvalue weighted by Crippen LogP contribution is -2.38. The van der Waals surface area contributed by atoms with Crippen LogP contribution in [-0.4, -0.2) is 42.2 Å². The summed E-state index contributed by atoms with van der Waals surface area (Å²) in [6.07, 6.45) is 2.90. The first-order chi connectivity index (χ1) is 10.4. The molecule has 0 saturated carbocycles. The number of halogens is 1. The standard InChI is InChI=1S/C14H16IN3O3S/c1-22(19,20)18-8-4-5-10(9-18)14-16-13(17-21-14)11-6-2-3-7-12(11)15/h2-3,6-7,10H,4-5,8-9H2,1H3/t10-/m0/s1. The van der Waals surface area contributed by atoms with Crippen LogP contribution in [0.2, 0.25) is 0 Å². The summed E-state index contributed by atoms with van der Waals surface area (Å²) in [6.45, 7) is 0.971. The molecule has 0 amide bonds. The Labute approximate surface area is 143 Å². The number of benzene rings is 1. The van der Waals surface area contributed by atoms with Crippen LogP contribution in [0.15, 0.2) is 28.8 Å². The maximum Gasteiger partial charge on any atom is 0.231 e. The summed E-state index contributed by atoms with van der Waals surface area (Å²) in [5, 5.41) is 4.05. The van der Waals surface area contributed by atoms with Crippen LogP contribution in [0.25, 0.3) is 11.4 Å². The summed E-state index contributed by atoms with van der Waals surface area (Å²) < 4.78 is 31.3. The lowest BCUT2D eigenvalue weighted by molar-refractivity contribution is 0.266. The molecule has 1 aromatic heterocycles. The third kappa shape index (κ3) is 3.33. The van der Waals surface area contributed by atoms with Gasteiger partial charge in [-0.25, -0.2) is 12.7 Å². The molecule has 1 aliphatic rings. The van der Waals surface area contributed by atoms with Crippen molar-refractivity contribution in [3.8, 4) is 11.4 Å². The van der Waals surface area contributed by atoms with Crippen molar-refractivity contribution in [2.75, 3.05) is 19.3 Å². The Kier molecular flexibility index (Phi) is 4.51. The Hall–Kier alpha value is -1.00. The first-order valence-electron chi connectivity index (χ1n) is 6.99. The van der Waals surface area contributed by atoms with Crippen LogP contribution in [-0.2, 0) is 10.0 Å². The highest BCUT2D eigenvalue weighted by Gasteiger charge is 2.30. The quantitative estimate of drug-likeness (QED) is 0.696. The Bertz CT molecular complexity index is 775. The molecule has 1 atom stereocenters. The van der Waals surface area contributed by atoms with Crippen LogP contribution in [0.5, 0.6) is 0 Å². The Balaban J connectivity index is 1.84. The van der Waals surface area contributed by atoms with Crippen molar-refractivity contribution < 1.29 is 12.9 Å². The van der Waals surface area contributed by atoms with Gasteiger partial charge in [-0.2, -0.15) is 4.98 Å². The maximum atomic E-state index is 11.7. The van der Waals surface area contributed by atoms with Gasteiger partial charge in [0.05, 0.1) is 12.2 Å². The van der Waals surface area contributed by atoms with Crippen molar-refractivity contribution in [3.05, 3.63) is 33.7 Å². The van der Waals surface area contributed by atoms with Crippen LogP contribution < -0.4 is 0 Å². The Morgan fingerprint density at radius 1 is 1.36 bits per heavy atom. The number of hydrogen-bond donors (Lipinski definition) is 0. The van der Waals surface area contributed by atoms with E-state index < -0.39 is 10.0 Å². The lowest BCUT2D eigenvalue weighted by Gasteiger charge is -2.28. The second kappa shape index (κ2) is 6.25. The molecule has 22 heavy (non-hydrogen) atoms. The van der Waals surface area contributed by atoms with E-state index in [2.05, 4.69) is 32.7 Å². The highest BCUT2D eigenvalue weighted by Crippen LogP contribution is 2.29. The fourth-order valence-corrected chi connectivity index (χ4v) is 4.14. The van der Waals surface area contributed by atoms with E-state index in [1.165, 1.54) is 10.6 Å². The average Bonchev–Trinajstić information content (AvgIpc) is 2.97. The van der Waals surface area contributed by atoms with E-state index >= 15 is 0 Å². The smallest absolute Gasteiger partial charge is 0.231 e. The van der Waals surface area contributed by atoms with Crippen LogP contribution in [0.4, 0.5) is 0 Å². The average molecular weight is 433 g/mol. The molecule has 3 rings (SSSR count). The first kappa shape index (κ1) is 15.9. The maximum absolute atomic E-state index is 11.7. The van der Waals surface area contributed by atoms with Gasteiger partial charge < -0.3 is 4.52 Å². The minimum Gasteiger partial charge on any atom is -0.339 e. The molecule has 8 heteroatoms. The predicted octanol–water partition coefficient (Wildman–Crippen LogP) is 2.48. The van der Waals surface area contributed by atoms with Gasteiger partial charge in [-0.3, -0.25) is 0 Å². The molecule has 1 aliphatic heterocycles. The summed E-state index contributed by atoms with van der Waals surface area (Å²) in [5.41, 5.74) is 0.925. The normalized spacial score (nSPS) is 20.2. The molecule has 1 aromatic carbocycles. The minimum atomic E-state index is -3.18. The highest BCUT2D eigenvalue weighted by atomic mass is 127. The third-order valence-corrected chi connectivity index (χ3v) is 5.97. The molecule has 0 unspecified atom stereocenters. The van der Waals surface area contributed by atoms with Crippen LogP contribution in [0, 0.1) is 3.57 Å². The van der Waals surface area contributed by atoms with E-state index in [0.717, 1.165) is 22.0 Å². The summed E-state index contributed by atoms with van der Waals surface area (Å²) in [4.78, 5) is 4.48. The monoisotopic (exact) mass is 433 g/mol. The molecule has 0 spiro atoms. The van der Waals surface area contributed by atoms with Crippen molar-refractivity contribution in [1.82, 2.24) is 14.4 Å². The molecular weight excluding hydrogens is 417 g/mol. The molecule has 1 fully saturated rings. The number of nitrogens with zero attached hydrogens (tertiary/aromatic N) is 3. The van der Waals surface area contributed by atoms with Gasteiger partial charge in [0.15, 0.2) is 0 Å². The van der Waals surface area contributed by atoms with E-state index in [-0.39, 0.29) is 5.92 Å². The Morgan fingerprint density at radius 3 is 2.86 bits per heavy atom. The number of aromatic nitrogens is 2. The van der Waals surface area contributed by atoms with Gasteiger partial charge in [-0.1, -0.05) is 17.3 Å². The summed E-state index contributed by atoms with van der Waals surface area (Å²) in [7, 11) is -3.18. The fraction of sp³-hybridized carbons (Fsp3) is 0.429. The summed E-state index contributed by atoms with van der Waals surface area (Å²) >= 11 is 2.23. The van der Waals surface area contributed by atoms with Gasteiger partial charge in [0.25, 0.3) is 0 Å². The lowest BCUT2D eigenvalue weighted by atomic mass is 10.00. The fourth-order valence-electron chi connectivity index (χ4n) is 2.60. The second-order valence-electron chi connectivity index (χ2n) is 5.40. The minimum absolute atomic E-state index is 0.0360. The van der Waals surface area contributed by atoms with E-state index in [9.17, 15) is 8.42 Å². The van der Waals surface area contributed by atoms with Crippen molar-refractivity contribution in [2.45, 2.75) is 18.8 Å². The zero-order chi connectivity index (χ0) is 15.7. The van der Waals surface area contributed by atoms with Gasteiger partial charge in [-0.15, -0.1) is 0 Å². The van der Waals surface area contributed by atoms with Crippen molar-refractivity contribution in [1.29, 1.82) is 0 Å². The molecule has 1 saturated heterocycles. The van der Waals surface area contributed by atoms with Crippen molar-refractivity contribution in [3.63, 3.8) is 0 Å². The van der Waals surface area contributed by atoms with Gasteiger partial charge >= 0.3 is 0 Å². The first-order valence-corrected chi connectivity index (χ1v) is 9.91. The molecular formula is C14H16IN3O3S. The summed E-state index contributed by atoms with van der Waals surface area (Å²) in [6, 6.07) is 7.81. The van der Waals surface area contributed by atoms with E-state index in [1.54, 1.807) is 0 Å². The zero-order valence-corrected chi connectivity index (χ0v) is 15.0. The second-order valence-corrected chi connectivity index (χ2v) is 8.54. The van der Waals surface area contributed by atoms with Crippen LogP contribution in [0.1, 0.15) is 24.7 Å². The third-order valence-electron chi connectivity index (χ3n) is 3.76. The van der Waals surface area contributed by atoms with Gasteiger partial charge in [0, 0.05) is 22.2 Å². The Morgan fingerprint density at radius 2 is 2.14 bits per heavy atom. The van der Waals surface area contributed by atoms with E-state index in [4.69, 9.17) is 4.52 Å². The van der Waals surface area contributed by atoms with Crippen molar-refractivity contribution in [2.24, 2.45) is 0 Å². The molecule has 6 nitrogen and oxygen atoms in total.